The SMILES string of the molecule is CC(=O)N(CCC(=O)Nc1ccccc1C)c1ccccc1F. The topological polar surface area (TPSA) is 49.4 Å². The summed E-state index contributed by atoms with van der Waals surface area (Å²) in [5.41, 5.74) is 1.87. The van der Waals surface area contributed by atoms with Crippen LogP contribution in [0.5, 0.6) is 0 Å². The minimum Gasteiger partial charge on any atom is -0.326 e. The van der Waals surface area contributed by atoms with Crippen molar-refractivity contribution in [2.45, 2.75) is 20.3 Å². The maximum atomic E-state index is 13.8. The van der Waals surface area contributed by atoms with E-state index in [1.54, 1.807) is 12.1 Å². The number of hydrogen-bond acceptors (Lipinski definition) is 2. The maximum absolute atomic E-state index is 13.8. The van der Waals surface area contributed by atoms with Crippen LogP contribution >= 0.6 is 0 Å². The van der Waals surface area contributed by atoms with E-state index in [1.165, 1.54) is 24.0 Å². The Labute approximate surface area is 134 Å². The number of carbonyl (C=O) groups is 2. The van der Waals surface area contributed by atoms with Gasteiger partial charge in [-0.2, -0.15) is 0 Å². The van der Waals surface area contributed by atoms with E-state index in [0.717, 1.165) is 11.3 Å². The highest BCUT2D eigenvalue weighted by atomic mass is 19.1. The summed E-state index contributed by atoms with van der Waals surface area (Å²) in [5.74, 6) is -1.01. The summed E-state index contributed by atoms with van der Waals surface area (Å²) in [6.07, 6.45) is 0.0856. The minimum absolute atomic E-state index is 0.0856. The van der Waals surface area contributed by atoms with Crippen molar-refractivity contribution in [2.75, 3.05) is 16.8 Å². The van der Waals surface area contributed by atoms with E-state index >= 15 is 0 Å². The molecule has 120 valence electrons. The molecule has 0 saturated heterocycles. The largest absolute Gasteiger partial charge is 0.326 e. The smallest absolute Gasteiger partial charge is 0.226 e. The van der Waals surface area contributed by atoms with Crippen LogP contribution in [-0.4, -0.2) is 18.4 Å². The van der Waals surface area contributed by atoms with E-state index in [1.807, 2.05) is 31.2 Å². The Morgan fingerprint density at radius 3 is 2.39 bits per heavy atom. The second-order valence-electron chi connectivity index (χ2n) is 5.24. The van der Waals surface area contributed by atoms with Gasteiger partial charge in [0.1, 0.15) is 5.82 Å². The number of aryl methyl sites for hydroxylation is 1. The van der Waals surface area contributed by atoms with Gasteiger partial charge in [-0.3, -0.25) is 9.59 Å². The summed E-state index contributed by atoms with van der Waals surface area (Å²) in [6, 6.07) is 13.5. The van der Waals surface area contributed by atoms with Crippen LogP contribution < -0.4 is 10.2 Å². The summed E-state index contributed by atoms with van der Waals surface area (Å²) >= 11 is 0. The molecule has 0 aliphatic heterocycles. The monoisotopic (exact) mass is 314 g/mol. The first-order chi connectivity index (χ1) is 11.0. The molecular weight excluding hydrogens is 295 g/mol. The summed E-state index contributed by atoms with van der Waals surface area (Å²) in [7, 11) is 0. The number of anilines is 2. The number of amides is 2. The molecule has 1 N–H and O–H groups in total. The van der Waals surface area contributed by atoms with Gasteiger partial charge in [-0.15, -0.1) is 0 Å². The number of carbonyl (C=O) groups excluding carboxylic acids is 2. The zero-order valence-corrected chi connectivity index (χ0v) is 13.2. The molecule has 0 unspecified atom stereocenters. The maximum Gasteiger partial charge on any atom is 0.226 e. The highest BCUT2D eigenvalue weighted by Gasteiger charge is 2.16. The molecule has 2 rings (SSSR count). The fourth-order valence-electron chi connectivity index (χ4n) is 2.26. The second kappa shape index (κ2) is 7.54. The molecule has 0 radical (unpaired) electrons. The standard InChI is InChI=1S/C18H19FN2O2/c1-13-7-3-5-9-16(13)20-18(23)11-12-21(14(2)22)17-10-6-4-8-15(17)19/h3-10H,11-12H2,1-2H3,(H,20,23). The van der Waals surface area contributed by atoms with Crippen LogP contribution in [-0.2, 0) is 9.59 Å². The van der Waals surface area contributed by atoms with Crippen molar-refractivity contribution >= 4 is 23.2 Å². The first-order valence-electron chi connectivity index (χ1n) is 7.37. The Kier molecular flexibility index (Phi) is 5.46. The van der Waals surface area contributed by atoms with Crippen LogP contribution in [0.2, 0.25) is 0 Å². The molecule has 4 nitrogen and oxygen atoms in total. The van der Waals surface area contributed by atoms with Crippen LogP contribution in [0, 0.1) is 12.7 Å². The number of halogens is 1. The van der Waals surface area contributed by atoms with Gasteiger partial charge in [0.15, 0.2) is 0 Å². The van der Waals surface area contributed by atoms with Crippen LogP contribution in [0.3, 0.4) is 0 Å². The highest BCUT2D eigenvalue weighted by molar-refractivity contribution is 5.95. The molecule has 0 saturated carbocycles. The van der Waals surface area contributed by atoms with Gasteiger partial charge < -0.3 is 10.2 Å². The van der Waals surface area contributed by atoms with Gasteiger partial charge in [-0.25, -0.2) is 4.39 Å². The van der Waals surface area contributed by atoms with Crippen molar-refractivity contribution in [1.29, 1.82) is 0 Å². The number of benzene rings is 2. The third-order valence-electron chi connectivity index (χ3n) is 3.50. The number of rotatable bonds is 5. The summed E-state index contributed by atoms with van der Waals surface area (Å²) in [6.45, 7) is 3.37. The predicted octanol–water partition coefficient (Wildman–Crippen LogP) is 3.52. The van der Waals surface area contributed by atoms with E-state index < -0.39 is 5.82 Å². The van der Waals surface area contributed by atoms with Crippen LogP contribution in [0.1, 0.15) is 18.9 Å². The van der Waals surface area contributed by atoms with Gasteiger partial charge in [0.05, 0.1) is 5.69 Å². The first-order valence-corrected chi connectivity index (χ1v) is 7.37. The minimum atomic E-state index is -0.484. The number of hydrogen-bond donors (Lipinski definition) is 1. The fraction of sp³-hybridized carbons (Fsp3) is 0.222. The lowest BCUT2D eigenvalue weighted by Crippen LogP contribution is -2.32. The predicted molar refractivity (Wildman–Crippen MR) is 88.9 cm³/mol. The number of nitrogens with zero attached hydrogens (tertiary/aromatic N) is 1. The molecule has 0 atom stereocenters. The summed E-state index contributed by atoms with van der Waals surface area (Å²) < 4.78 is 13.8. The number of para-hydroxylation sites is 2. The van der Waals surface area contributed by atoms with Gasteiger partial charge in [0.25, 0.3) is 0 Å². The Morgan fingerprint density at radius 2 is 1.74 bits per heavy atom. The molecule has 23 heavy (non-hydrogen) atoms. The van der Waals surface area contributed by atoms with Gasteiger partial charge >= 0.3 is 0 Å². The molecule has 0 heterocycles. The quantitative estimate of drug-likeness (QED) is 0.918. The summed E-state index contributed by atoms with van der Waals surface area (Å²) in [4.78, 5) is 25.1. The van der Waals surface area contributed by atoms with E-state index in [9.17, 15) is 14.0 Å². The van der Waals surface area contributed by atoms with Gasteiger partial charge in [-0.1, -0.05) is 30.3 Å². The van der Waals surface area contributed by atoms with Crippen molar-refractivity contribution in [3.8, 4) is 0 Å². The van der Waals surface area contributed by atoms with Crippen molar-refractivity contribution in [1.82, 2.24) is 0 Å². The Balaban J connectivity index is 2.02. The first kappa shape index (κ1) is 16.7. The zero-order valence-electron chi connectivity index (χ0n) is 13.2. The van der Waals surface area contributed by atoms with Crippen molar-refractivity contribution in [3.63, 3.8) is 0 Å². The fourth-order valence-corrected chi connectivity index (χ4v) is 2.26. The molecule has 0 spiro atoms. The average Bonchev–Trinajstić information content (AvgIpc) is 2.51. The Morgan fingerprint density at radius 1 is 1.09 bits per heavy atom. The Hall–Kier alpha value is -2.69. The molecule has 2 aromatic rings. The number of nitrogens with one attached hydrogen (secondary N) is 1. The highest BCUT2D eigenvalue weighted by Crippen LogP contribution is 2.19. The van der Waals surface area contributed by atoms with Crippen LogP contribution in [0.25, 0.3) is 0 Å². The normalized spacial score (nSPS) is 10.2. The molecule has 0 aliphatic carbocycles. The van der Waals surface area contributed by atoms with E-state index in [0.29, 0.717) is 0 Å². The second-order valence-corrected chi connectivity index (χ2v) is 5.24. The van der Waals surface area contributed by atoms with E-state index in [-0.39, 0.29) is 30.5 Å². The molecular formula is C18H19FN2O2. The van der Waals surface area contributed by atoms with Crippen molar-refractivity contribution in [2.24, 2.45) is 0 Å². The average molecular weight is 314 g/mol. The summed E-state index contributed by atoms with van der Waals surface area (Å²) in [5, 5.41) is 2.80. The molecule has 0 aliphatic rings. The Bertz CT molecular complexity index is 716. The third-order valence-corrected chi connectivity index (χ3v) is 3.50. The third kappa shape index (κ3) is 4.39. The van der Waals surface area contributed by atoms with E-state index in [2.05, 4.69) is 5.32 Å². The molecule has 5 heteroatoms. The molecule has 0 fully saturated rings. The van der Waals surface area contributed by atoms with Crippen LogP contribution in [0.15, 0.2) is 48.5 Å². The van der Waals surface area contributed by atoms with Crippen LogP contribution in [0.4, 0.5) is 15.8 Å². The lowest BCUT2D eigenvalue weighted by atomic mass is 10.2. The molecule has 0 bridgehead atoms. The lowest BCUT2D eigenvalue weighted by molar-refractivity contribution is -0.117. The lowest BCUT2D eigenvalue weighted by Gasteiger charge is -2.21. The van der Waals surface area contributed by atoms with E-state index in [4.69, 9.17) is 0 Å². The van der Waals surface area contributed by atoms with Crippen molar-refractivity contribution in [3.05, 3.63) is 59.9 Å². The molecule has 2 aromatic carbocycles. The van der Waals surface area contributed by atoms with Gasteiger partial charge in [0.2, 0.25) is 11.8 Å². The zero-order chi connectivity index (χ0) is 16.8. The van der Waals surface area contributed by atoms with Crippen molar-refractivity contribution < 1.29 is 14.0 Å². The van der Waals surface area contributed by atoms with Gasteiger partial charge in [-0.05, 0) is 30.7 Å². The molecule has 2 amide bonds. The molecule has 0 aromatic heterocycles. The van der Waals surface area contributed by atoms with Gasteiger partial charge in [0, 0.05) is 25.6 Å².